The average Bonchev–Trinajstić information content (AvgIpc) is 2.52. The zero-order valence-electron chi connectivity index (χ0n) is 12.5. The van der Waals surface area contributed by atoms with Crippen LogP contribution >= 0.6 is 0 Å². The van der Waals surface area contributed by atoms with E-state index < -0.39 is 23.2 Å². The zero-order valence-corrected chi connectivity index (χ0v) is 12.5. The Morgan fingerprint density at radius 2 is 1.87 bits per heavy atom. The smallest absolute Gasteiger partial charge is 0.218 e. The molecule has 1 aliphatic rings. The third-order valence-corrected chi connectivity index (χ3v) is 4.35. The molecule has 2 heterocycles. The molecule has 23 heavy (non-hydrogen) atoms. The third-order valence-electron chi connectivity index (χ3n) is 4.35. The minimum atomic E-state index is -1.25. The molecule has 1 aromatic heterocycles. The summed E-state index contributed by atoms with van der Waals surface area (Å²) >= 11 is 0. The van der Waals surface area contributed by atoms with E-state index >= 15 is 0 Å². The van der Waals surface area contributed by atoms with Crippen molar-refractivity contribution in [1.29, 1.82) is 0 Å². The number of piperidine rings is 1. The van der Waals surface area contributed by atoms with Crippen LogP contribution < -0.4 is 0 Å². The highest BCUT2D eigenvalue weighted by atomic mass is 19.1. The third kappa shape index (κ3) is 3.38. The number of rotatable bonds is 3. The molecular formula is C17H17F3N2O. The summed E-state index contributed by atoms with van der Waals surface area (Å²) in [7, 11) is 0. The van der Waals surface area contributed by atoms with E-state index in [1.54, 1.807) is 6.07 Å². The molecule has 3 nitrogen and oxygen atoms in total. The Balaban J connectivity index is 1.67. The number of likely N-dealkylation sites (tertiary alicyclic amines) is 1. The Morgan fingerprint density at radius 3 is 2.52 bits per heavy atom. The van der Waals surface area contributed by atoms with Gasteiger partial charge in [-0.25, -0.2) is 13.8 Å². The predicted octanol–water partition coefficient (Wildman–Crippen LogP) is 2.98. The standard InChI is InChI=1S/C17H17F3N2O/c18-13-4-3-12(15(19)10-13)11-22-8-5-17(23,6-9-22)14-2-1-7-21-16(14)20/h1-4,7,10,23H,5-6,8-9,11H2. The van der Waals surface area contributed by atoms with Crippen LogP contribution in [0.25, 0.3) is 0 Å². The predicted molar refractivity (Wildman–Crippen MR) is 79.0 cm³/mol. The van der Waals surface area contributed by atoms with Gasteiger partial charge in [0.25, 0.3) is 0 Å². The summed E-state index contributed by atoms with van der Waals surface area (Å²) in [5.41, 5.74) is -0.645. The van der Waals surface area contributed by atoms with Gasteiger partial charge in [-0.1, -0.05) is 12.1 Å². The van der Waals surface area contributed by atoms with E-state index in [9.17, 15) is 18.3 Å². The van der Waals surface area contributed by atoms with Crippen molar-refractivity contribution < 1.29 is 18.3 Å². The fourth-order valence-corrected chi connectivity index (χ4v) is 2.97. The van der Waals surface area contributed by atoms with Gasteiger partial charge in [0.05, 0.1) is 5.60 Å². The van der Waals surface area contributed by atoms with Gasteiger partial charge in [-0.15, -0.1) is 0 Å². The van der Waals surface area contributed by atoms with Crippen molar-refractivity contribution in [3.8, 4) is 0 Å². The van der Waals surface area contributed by atoms with Gasteiger partial charge in [0, 0.05) is 43.0 Å². The van der Waals surface area contributed by atoms with Gasteiger partial charge in [-0.2, -0.15) is 4.39 Å². The summed E-state index contributed by atoms with van der Waals surface area (Å²) in [6.45, 7) is 1.31. The lowest BCUT2D eigenvalue weighted by molar-refractivity contribution is -0.0309. The van der Waals surface area contributed by atoms with Gasteiger partial charge in [0.15, 0.2) is 0 Å². The van der Waals surface area contributed by atoms with Crippen molar-refractivity contribution >= 4 is 0 Å². The Labute approximate surface area is 132 Å². The number of halogens is 3. The maximum atomic E-state index is 13.8. The lowest BCUT2D eigenvalue weighted by Crippen LogP contribution is -2.42. The molecule has 0 aliphatic carbocycles. The van der Waals surface area contributed by atoms with Crippen molar-refractivity contribution in [1.82, 2.24) is 9.88 Å². The summed E-state index contributed by atoms with van der Waals surface area (Å²) in [5.74, 6) is -1.84. The van der Waals surface area contributed by atoms with Crippen molar-refractivity contribution in [2.24, 2.45) is 0 Å². The van der Waals surface area contributed by atoms with Crippen molar-refractivity contribution in [3.63, 3.8) is 0 Å². The summed E-state index contributed by atoms with van der Waals surface area (Å²) in [5, 5.41) is 10.7. The van der Waals surface area contributed by atoms with E-state index in [0.29, 0.717) is 38.0 Å². The molecule has 6 heteroatoms. The SMILES string of the molecule is OC1(c2cccnc2F)CCN(Cc2ccc(F)cc2F)CC1. The van der Waals surface area contributed by atoms with Crippen LogP contribution in [0.3, 0.4) is 0 Å². The van der Waals surface area contributed by atoms with Crippen molar-refractivity contribution in [2.75, 3.05) is 13.1 Å². The molecule has 0 atom stereocenters. The Kier molecular flexibility index (Phi) is 4.37. The van der Waals surface area contributed by atoms with Gasteiger partial charge >= 0.3 is 0 Å². The first-order valence-corrected chi connectivity index (χ1v) is 7.48. The highest BCUT2D eigenvalue weighted by Gasteiger charge is 2.36. The number of nitrogens with zero attached hydrogens (tertiary/aromatic N) is 2. The molecule has 3 rings (SSSR count). The minimum absolute atomic E-state index is 0.201. The Morgan fingerprint density at radius 1 is 1.13 bits per heavy atom. The van der Waals surface area contributed by atoms with E-state index in [0.717, 1.165) is 6.07 Å². The first-order valence-electron chi connectivity index (χ1n) is 7.48. The molecule has 122 valence electrons. The molecule has 0 bridgehead atoms. The van der Waals surface area contributed by atoms with Crippen molar-refractivity contribution in [3.05, 3.63) is 65.2 Å². The summed E-state index contributed by atoms with van der Waals surface area (Å²) in [4.78, 5) is 5.54. The number of aromatic nitrogens is 1. The maximum absolute atomic E-state index is 13.8. The average molecular weight is 322 g/mol. The first kappa shape index (κ1) is 16.0. The van der Waals surface area contributed by atoms with Crippen LogP contribution in [0, 0.1) is 17.6 Å². The van der Waals surface area contributed by atoms with Crippen LogP contribution in [0.1, 0.15) is 24.0 Å². The molecule has 2 aromatic rings. The van der Waals surface area contributed by atoms with E-state index in [1.807, 2.05) is 4.90 Å². The van der Waals surface area contributed by atoms with Crippen LogP contribution in [0.5, 0.6) is 0 Å². The molecule has 1 aliphatic heterocycles. The van der Waals surface area contributed by atoms with Gasteiger partial charge in [-0.3, -0.25) is 4.90 Å². The number of hydrogen-bond acceptors (Lipinski definition) is 3. The summed E-state index contributed by atoms with van der Waals surface area (Å²) in [6.07, 6.45) is 2.01. The van der Waals surface area contributed by atoms with E-state index in [4.69, 9.17) is 0 Å². The molecule has 1 saturated heterocycles. The first-order chi connectivity index (χ1) is 11.0. The van der Waals surface area contributed by atoms with Crippen LogP contribution in [0.15, 0.2) is 36.5 Å². The number of pyridine rings is 1. The number of hydrogen-bond donors (Lipinski definition) is 1. The molecule has 0 spiro atoms. The quantitative estimate of drug-likeness (QED) is 0.883. The summed E-state index contributed by atoms with van der Waals surface area (Å²) < 4.78 is 40.4. The lowest BCUT2D eigenvalue weighted by Gasteiger charge is -2.38. The molecule has 1 aromatic carbocycles. The normalized spacial score (nSPS) is 18.1. The number of benzene rings is 1. The summed E-state index contributed by atoms with van der Waals surface area (Å²) in [6, 6.07) is 6.64. The van der Waals surface area contributed by atoms with Crippen LogP contribution in [0.2, 0.25) is 0 Å². The van der Waals surface area contributed by atoms with Gasteiger partial charge in [0.2, 0.25) is 5.95 Å². The second-order valence-corrected chi connectivity index (χ2v) is 5.89. The molecule has 0 amide bonds. The maximum Gasteiger partial charge on any atom is 0.218 e. The van der Waals surface area contributed by atoms with E-state index in [1.165, 1.54) is 24.4 Å². The molecule has 0 saturated carbocycles. The van der Waals surface area contributed by atoms with E-state index in [-0.39, 0.29) is 5.56 Å². The van der Waals surface area contributed by atoms with Crippen molar-refractivity contribution in [2.45, 2.75) is 25.0 Å². The van der Waals surface area contributed by atoms with Crippen LogP contribution in [-0.4, -0.2) is 28.1 Å². The Bertz CT molecular complexity index is 700. The highest BCUT2D eigenvalue weighted by Crippen LogP contribution is 2.34. The second kappa shape index (κ2) is 6.29. The molecule has 0 radical (unpaired) electrons. The van der Waals surface area contributed by atoms with Crippen LogP contribution in [-0.2, 0) is 12.1 Å². The molecular weight excluding hydrogens is 305 g/mol. The fourth-order valence-electron chi connectivity index (χ4n) is 2.97. The van der Waals surface area contributed by atoms with Gasteiger partial charge in [0.1, 0.15) is 11.6 Å². The number of aliphatic hydroxyl groups is 1. The largest absolute Gasteiger partial charge is 0.385 e. The minimum Gasteiger partial charge on any atom is -0.385 e. The Hall–Kier alpha value is -1.92. The van der Waals surface area contributed by atoms with Crippen LogP contribution in [0.4, 0.5) is 13.2 Å². The molecule has 0 unspecified atom stereocenters. The van der Waals surface area contributed by atoms with Gasteiger partial charge in [-0.05, 0) is 25.0 Å². The zero-order chi connectivity index (χ0) is 16.4. The highest BCUT2D eigenvalue weighted by molar-refractivity contribution is 5.22. The van der Waals surface area contributed by atoms with E-state index in [2.05, 4.69) is 4.98 Å². The molecule has 1 fully saturated rings. The topological polar surface area (TPSA) is 36.4 Å². The second-order valence-electron chi connectivity index (χ2n) is 5.89. The molecule has 1 N–H and O–H groups in total. The fraction of sp³-hybridized carbons (Fsp3) is 0.353. The lowest BCUT2D eigenvalue weighted by atomic mass is 9.85. The van der Waals surface area contributed by atoms with Gasteiger partial charge < -0.3 is 5.11 Å². The monoisotopic (exact) mass is 322 g/mol.